The quantitative estimate of drug-likeness (QED) is 0.747. The first kappa shape index (κ1) is 16.7. The summed E-state index contributed by atoms with van der Waals surface area (Å²) in [5.74, 6) is 1.58. The molecule has 1 amide bonds. The van der Waals surface area contributed by atoms with E-state index >= 15 is 0 Å². The molecule has 26 heavy (non-hydrogen) atoms. The van der Waals surface area contributed by atoms with Crippen molar-refractivity contribution in [2.24, 2.45) is 5.92 Å². The van der Waals surface area contributed by atoms with E-state index in [1.807, 2.05) is 42.5 Å². The Balaban J connectivity index is 1.37. The van der Waals surface area contributed by atoms with Crippen molar-refractivity contribution in [3.05, 3.63) is 42.5 Å². The molecule has 7 heteroatoms. The Bertz CT molecular complexity index is 933. The Morgan fingerprint density at radius 2 is 1.81 bits per heavy atom. The summed E-state index contributed by atoms with van der Waals surface area (Å²) in [4.78, 5) is 19.2. The fourth-order valence-corrected chi connectivity index (χ4v) is 3.84. The Labute approximate surface area is 155 Å². The van der Waals surface area contributed by atoms with Gasteiger partial charge in [0, 0.05) is 24.8 Å². The van der Waals surface area contributed by atoms with Gasteiger partial charge in [-0.05, 0) is 36.4 Å². The number of hydrogen-bond acceptors (Lipinski definition) is 6. The van der Waals surface area contributed by atoms with Gasteiger partial charge in [-0.15, -0.1) is 0 Å². The molecule has 0 aliphatic carbocycles. The highest BCUT2D eigenvalue weighted by Gasteiger charge is 2.34. The average molecular weight is 369 g/mol. The van der Waals surface area contributed by atoms with Crippen LogP contribution in [0, 0.1) is 5.92 Å². The highest BCUT2D eigenvalue weighted by atomic mass is 32.1. The fraction of sp³-hybridized carbons (Fsp3) is 0.263. The molecule has 1 fully saturated rings. The van der Waals surface area contributed by atoms with Crippen LogP contribution in [-0.2, 0) is 4.79 Å². The molecule has 0 spiro atoms. The summed E-state index contributed by atoms with van der Waals surface area (Å²) in [6.45, 7) is 1.36. The largest absolute Gasteiger partial charge is 0.497 e. The number of nitrogens with zero attached hydrogens (tertiary/aromatic N) is 2. The van der Waals surface area contributed by atoms with E-state index in [4.69, 9.17) is 9.47 Å². The molecule has 4 rings (SSSR count). The lowest BCUT2D eigenvalue weighted by atomic mass is 10.00. The third kappa shape index (κ3) is 3.17. The second-order valence-electron chi connectivity index (χ2n) is 6.15. The predicted molar refractivity (Wildman–Crippen MR) is 103 cm³/mol. The molecule has 1 aromatic heterocycles. The van der Waals surface area contributed by atoms with Crippen LogP contribution in [0.2, 0.25) is 0 Å². The van der Waals surface area contributed by atoms with Gasteiger partial charge in [0.2, 0.25) is 5.91 Å². The molecule has 2 heterocycles. The number of methoxy groups -OCH3 is 2. The summed E-state index contributed by atoms with van der Waals surface area (Å²) < 4.78 is 11.5. The van der Waals surface area contributed by atoms with Crippen LogP contribution < -0.4 is 19.7 Å². The fourth-order valence-electron chi connectivity index (χ4n) is 2.88. The molecule has 2 aromatic carbocycles. The van der Waals surface area contributed by atoms with Crippen molar-refractivity contribution in [3.63, 3.8) is 0 Å². The standard InChI is InChI=1S/C19H19N3O3S/c1-24-14-5-3-13(4-6-14)20-18(23)12-10-22(11-12)19-21-16-9-15(25-2)7-8-17(16)26-19/h3-9,12H,10-11H2,1-2H3,(H,20,23). The number of carbonyl (C=O) groups excluding carboxylic acids is 1. The number of benzene rings is 2. The van der Waals surface area contributed by atoms with E-state index in [-0.39, 0.29) is 11.8 Å². The molecular formula is C19H19N3O3S. The highest BCUT2D eigenvalue weighted by Crippen LogP contribution is 2.34. The summed E-state index contributed by atoms with van der Waals surface area (Å²) in [5, 5.41) is 3.90. The van der Waals surface area contributed by atoms with Crippen LogP contribution in [0.15, 0.2) is 42.5 Å². The third-order valence-corrected chi connectivity index (χ3v) is 5.56. The van der Waals surface area contributed by atoms with E-state index in [0.29, 0.717) is 13.1 Å². The summed E-state index contributed by atoms with van der Waals surface area (Å²) >= 11 is 1.64. The van der Waals surface area contributed by atoms with Gasteiger partial charge in [0.15, 0.2) is 5.13 Å². The number of amides is 1. The van der Waals surface area contributed by atoms with Gasteiger partial charge in [-0.25, -0.2) is 4.98 Å². The number of rotatable bonds is 5. The summed E-state index contributed by atoms with van der Waals surface area (Å²) in [7, 11) is 3.27. The molecule has 0 atom stereocenters. The first-order valence-electron chi connectivity index (χ1n) is 8.30. The zero-order valence-electron chi connectivity index (χ0n) is 14.6. The Hall–Kier alpha value is -2.80. The van der Waals surface area contributed by atoms with E-state index in [0.717, 1.165) is 32.5 Å². The maximum atomic E-state index is 12.4. The predicted octanol–water partition coefficient (Wildman–Crippen LogP) is 3.39. The van der Waals surface area contributed by atoms with Crippen molar-refractivity contribution in [1.29, 1.82) is 0 Å². The van der Waals surface area contributed by atoms with Crippen LogP contribution in [0.5, 0.6) is 11.5 Å². The lowest BCUT2D eigenvalue weighted by molar-refractivity contribution is -0.120. The Morgan fingerprint density at radius 3 is 2.50 bits per heavy atom. The maximum absolute atomic E-state index is 12.4. The lowest BCUT2D eigenvalue weighted by Gasteiger charge is -2.37. The first-order valence-corrected chi connectivity index (χ1v) is 9.12. The van der Waals surface area contributed by atoms with Crippen molar-refractivity contribution >= 4 is 38.3 Å². The van der Waals surface area contributed by atoms with Gasteiger partial charge in [-0.2, -0.15) is 0 Å². The van der Waals surface area contributed by atoms with Crippen molar-refractivity contribution in [2.45, 2.75) is 0 Å². The second kappa shape index (κ2) is 6.84. The van der Waals surface area contributed by atoms with E-state index < -0.39 is 0 Å². The van der Waals surface area contributed by atoms with Gasteiger partial charge in [-0.1, -0.05) is 11.3 Å². The van der Waals surface area contributed by atoms with Crippen molar-refractivity contribution in [3.8, 4) is 11.5 Å². The van der Waals surface area contributed by atoms with E-state index in [9.17, 15) is 4.79 Å². The molecule has 1 N–H and O–H groups in total. The molecule has 1 aliphatic rings. The van der Waals surface area contributed by atoms with Crippen LogP contribution in [0.3, 0.4) is 0 Å². The van der Waals surface area contributed by atoms with Crippen LogP contribution in [0.4, 0.5) is 10.8 Å². The van der Waals surface area contributed by atoms with E-state index in [1.54, 1.807) is 25.6 Å². The minimum atomic E-state index is -0.0290. The average Bonchev–Trinajstić information content (AvgIpc) is 3.03. The van der Waals surface area contributed by atoms with Gasteiger partial charge in [0.25, 0.3) is 0 Å². The van der Waals surface area contributed by atoms with Crippen LogP contribution in [0.1, 0.15) is 0 Å². The van der Waals surface area contributed by atoms with Gasteiger partial charge in [0.05, 0.1) is 30.4 Å². The van der Waals surface area contributed by atoms with Gasteiger partial charge >= 0.3 is 0 Å². The van der Waals surface area contributed by atoms with Crippen LogP contribution in [0.25, 0.3) is 10.2 Å². The number of thiazole rings is 1. The lowest BCUT2D eigenvalue weighted by Crippen LogP contribution is -2.52. The zero-order valence-corrected chi connectivity index (χ0v) is 15.4. The van der Waals surface area contributed by atoms with E-state index in [1.165, 1.54) is 0 Å². The smallest absolute Gasteiger partial charge is 0.231 e. The highest BCUT2D eigenvalue weighted by molar-refractivity contribution is 7.22. The van der Waals surface area contributed by atoms with Gasteiger partial charge < -0.3 is 19.7 Å². The Morgan fingerprint density at radius 1 is 1.12 bits per heavy atom. The molecule has 134 valence electrons. The van der Waals surface area contributed by atoms with Crippen molar-refractivity contribution in [2.75, 3.05) is 37.5 Å². The molecule has 6 nitrogen and oxygen atoms in total. The maximum Gasteiger partial charge on any atom is 0.231 e. The van der Waals surface area contributed by atoms with Gasteiger partial charge in [-0.3, -0.25) is 4.79 Å². The zero-order chi connectivity index (χ0) is 18.1. The topological polar surface area (TPSA) is 63.7 Å². The number of carbonyl (C=O) groups is 1. The molecular weight excluding hydrogens is 350 g/mol. The van der Waals surface area contributed by atoms with Crippen molar-refractivity contribution < 1.29 is 14.3 Å². The number of nitrogens with one attached hydrogen (secondary N) is 1. The van der Waals surface area contributed by atoms with Crippen LogP contribution >= 0.6 is 11.3 Å². The second-order valence-corrected chi connectivity index (χ2v) is 7.16. The summed E-state index contributed by atoms with van der Waals surface area (Å²) in [6.07, 6.45) is 0. The number of fused-ring (bicyclic) bond motifs is 1. The minimum absolute atomic E-state index is 0.0290. The normalized spacial score (nSPS) is 14.2. The molecule has 0 saturated carbocycles. The van der Waals surface area contributed by atoms with Crippen LogP contribution in [-0.4, -0.2) is 38.2 Å². The molecule has 0 bridgehead atoms. The molecule has 1 saturated heterocycles. The number of ether oxygens (including phenoxy) is 2. The number of aromatic nitrogens is 1. The molecule has 1 aliphatic heterocycles. The molecule has 3 aromatic rings. The number of anilines is 2. The summed E-state index contributed by atoms with van der Waals surface area (Å²) in [6, 6.07) is 13.2. The molecule has 0 radical (unpaired) electrons. The third-order valence-electron chi connectivity index (χ3n) is 4.46. The SMILES string of the molecule is COc1ccc(NC(=O)C2CN(c3nc4cc(OC)ccc4s3)C2)cc1. The number of hydrogen-bond donors (Lipinski definition) is 1. The van der Waals surface area contributed by atoms with E-state index in [2.05, 4.69) is 15.2 Å². The first-order chi connectivity index (χ1) is 12.7. The molecule has 0 unspecified atom stereocenters. The monoisotopic (exact) mass is 369 g/mol. The summed E-state index contributed by atoms with van der Waals surface area (Å²) in [5.41, 5.74) is 1.71. The Kier molecular flexibility index (Phi) is 4.38. The van der Waals surface area contributed by atoms with Crippen molar-refractivity contribution in [1.82, 2.24) is 4.98 Å². The minimum Gasteiger partial charge on any atom is -0.497 e. The van der Waals surface area contributed by atoms with Gasteiger partial charge in [0.1, 0.15) is 11.5 Å².